The quantitative estimate of drug-likeness (QED) is 0.672. The van der Waals surface area contributed by atoms with Gasteiger partial charge in [-0.3, -0.25) is 14.5 Å². The minimum Gasteiger partial charge on any atom is -0.360 e. The molecule has 1 N–H and O–H groups in total. The van der Waals surface area contributed by atoms with E-state index in [4.69, 9.17) is 4.52 Å². The molecule has 3 aromatic rings. The number of piperidine rings is 1. The number of likely N-dealkylation sites (tertiary alicyclic amines) is 1. The second-order valence-electron chi connectivity index (χ2n) is 8.19. The van der Waals surface area contributed by atoms with Gasteiger partial charge in [0.25, 0.3) is 5.56 Å². The molecule has 0 saturated carbocycles. The van der Waals surface area contributed by atoms with E-state index in [0.29, 0.717) is 67.1 Å². The number of rotatable bonds is 5. The van der Waals surface area contributed by atoms with Crippen LogP contribution in [0.25, 0.3) is 10.9 Å². The molecule has 4 rings (SSSR count). The van der Waals surface area contributed by atoms with E-state index in [1.54, 1.807) is 19.9 Å². The summed E-state index contributed by atoms with van der Waals surface area (Å²) in [5.74, 6) is 0.201. The van der Waals surface area contributed by atoms with Crippen molar-refractivity contribution in [3.63, 3.8) is 0 Å². The lowest BCUT2D eigenvalue weighted by Gasteiger charge is -2.31. The molecule has 0 radical (unpaired) electrons. The summed E-state index contributed by atoms with van der Waals surface area (Å²) in [6.45, 7) is 7.32. The highest BCUT2D eigenvalue weighted by Crippen LogP contribution is 2.20. The summed E-state index contributed by atoms with van der Waals surface area (Å²) in [6.07, 6.45) is 1.38. The Labute approximate surface area is 179 Å². The van der Waals surface area contributed by atoms with Crippen molar-refractivity contribution in [2.75, 3.05) is 13.1 Å². The SMILES string of the molecule is Cc1ccc(CNC(=O)C2CCN(Cn3nc(C)c4c(C)onc4c3=O)CC2)cc1F. The van der Waals surface area contributed by atoms with Gasteiger partial charge in [-0.1, -0.05) is 17.3 Å². The Morgan fingerprint density at radius 1 is 1.26 bits per heavy atom. The van der Waals surface area contributed by atoms with Crippen LogP contribution in [0.1, 0.15) is 35.4 Å². The zero-order valence-electron chi connectivity index (χ0n) is 17.9. The molecule has 9 heteroatoms. The topological polar surface area (TPSA) is 93.3 Å². The predicted molar refractivity (Wildman–Crippen MR) is 113 cm³/mol. The fourth-order valence-electron chi connectivity index (χ4n) is 4.04. The Balaban J connectivity index is 1.33. The van der Waals surface area contributed by atoms with Crippen LogP contribution in [-0.4, -0.2) is 38.8 Å². The molecule has 1 amide bonds. The van der Waals surface area contributed by atoms with E-state index in [1.807, 2.05) is 13.0 Å². The van der Waals surface area contributed by atoms with Crippen LogP contribution in [0.3, 0.4) is 0 Å². The lowest BCUT2D eigenvalue weighted by molar-refractivity contribution is -0.126. The normalized spacial score (nSPS) is 15.5. The molecular formula is C22H26FN5O3. The largest absolute Gasteiger partial charge is 0.360 e. The van der Waals surface area contributed by atoms with E-state index in [2.05, 4.69) is 20.5 Å². The standard InChI is InChI=1S/C22H26FN5O3/c1-13-4-5-16(10-18(13)23)11-24-21(29)17-6-8-27(9-7-17)12-28-22(30)20-19(14(2)25-28)15(3)31-26-20/h4-5,10,17H,6-9,11-12H2,1-3H3,(H,24,29). The minimum atomic E-state index is -0.275. The number of aryl methyl sites for hydroxylation is 3. The number of carbonyl (C=O) groups excluding carboxylic acids is 1. The van der Waals surface area contributed by atoms with Gasteiger partial charge < -0.3 is 9.84 Å². The number of aromatic nitrogens is 3. The van der Waals surface area contributed by atoms with Crippen LogP contribution in [0.5, 0.6) is 0 Å². The van der Waals surface area contributed by atoms with Gasteiger partial charge in [0.2, 0.25) is 5.91 Å². The summed E-state index contributed by atoms with van der Waals surface area (Å²) in [5, 5.41) is 11.9. The second kappa shape index (κ2) is 8.58. The second-order valence-corrected chi connectivity index (χ2v) is 8.19. The molecule has 0 atom stereocenters. The number of amides is 1. The summed E-state index contributed by atoms with van der Waals surface area (Å²) in [4.78, 5) is 27.3. The van der Waals surface area contributed by atoms with Gasteiger partial charge >= 0.3 is 0 Å². The summed E-state index contributed by atoms with van der Waals surface area (Å²) in [7, 11) is 0. The third-order valence-corrected chi connectivity index (χ3v) is 5.93. The molecule has 3 heterocycles. The number of halogens is 1. The summed E-state index contributed by atoms with van der Waals surface area (Å²) >= 11 is 0. The fraction of sp³-hybridized carbons (Fsp3) is 0.455. The third-order valence-electron chi connectivity index (χ3n) is 5.93. The molecule has 1 aromatic carbocycles. The first-order valence-electron chi connectivity index (χ1n) is 10.4. The Bertz CT molecular complexity index is 1180. The van der Waals surface area contributed by atoms with E-state index in [1.165, 1.54) is 10.7 Å². The van der Waals surface area contributed by atoms with Crippen LogP contribution < -0.4 is 10.9 Å². The van der Waals surface area contributed by atoms with Crippen molar-refractivity contribution < 1.29 is 13.7 Å². The fourth-order valence-corrected chi connectivity index (χ4v) is 4.04. The first-order valence-corrected chi connectivity index (χ1v) is 10.4. The number of fused-ring (bicyclic) bond motifs is 1. The molecule has 1 aliphatic rings. The Morgan fingerprint density at radius 2 is 2.00 bits per heavy atom. The van der Waals surface area contributed by atoms with Crippen molar-refractivity contribution in [2.24, 2.45) is 5.92 Å². The number of nitrogens with one attached hydrogen (secondary N) is 1. The van der Waals surface area contributed by atoms with E-state index in [-0.39, 0.29) is 23.2 Å². The molecule has 164 valence electrons. The van der Waals surface area contributed by atoms with Crippen LogP contribution in [-0.2, 0) is 18.0 Å². The van der Waals surface area contributed by atoms with Crippen molar-refractivity contribution >= 4 is 16.8 Å². The molecule has 31 heavy (non-hydrogen) atoms. The average molecular weight is 427 g/mol. The van der Waals surface area contributed by atoms with Gasteiger partial charge in [-0.15, -0.1) is 0 Å². The summed E-state index contributed by atoms with van der Waals surface area (Å²) in [5.41, 5.74) is 2.06. The third kappa shape index (κ3) is 4.36. The van der Waals surface area contributed by atoms with E-state index >= 15 is 0 Å². The van der Waals surface area contributed by atoms with E-state index in [9.17, 15) is 14.0 Å². The highest BCUT2D eigenvalue weighted by Gasteiger charge is 2.26. The molecular weight excluding hydrogens is 401 g/mol. The van der Waals surface area contributed by atoms with Gasteiger partial charge in [0.1, 0.15) is 11.6 Å². The van der Waals surface area contributed by atoms with Crippen LogP contribution >= 0.6 is 0 Å². The van der Waals surface area contributed by atoms with Crippen molar-refractivity contribution in [3.8, 4) is 0 Å². The molecule has 0 spiro atoms. The zero-order valence-corrected chi connectivity index (χ0v) is 17.9. The maximum Gasteiger partial charge on any atom is 0.298 e. The van der Waals surface area contributed by atoms with Gasteiger partial charge in [-0.25, -0.2) is 9.07 Å². The predicted octanol–water partition coefficient (Wildman–Crippen LogP) is 2.43. The molecule has 0 aliphatic carbocycles. The molecule has 1 fully saturated rings. The smallest absolute Gasteiger partial charge is 0.298 e. The first kappa shape index (κ1) is 21.2. The molecule has 8 nitrogen and oxygen atoms in total. The number of hydrogen-bond donors (Lipinski definition) is 1. The highest BCUT2D eigenvalue weighted by molar-refractivity contribution is 5.81. The lowest BCUT2D eigenvalue weighted by Crippen LogP contribution is -2.42. The minimum absolute atomic E-state index is 0.0220. The molecule has 0 unspecified atom stereocenters. The van der Waals surface area contributed by atoms with Crippen LogP contribution in [0, 0.1) is 32.5 Å². The number of carbonyl (C=O) groups is 1. The van der Waals surface area contributed by atoms with Gasteiger partial charge in [-0.05, 0) is 50.8 Å². The Kier molecular flexibility index (Phi) is 5.86. The zero-order chi connectivity index (χ0) is 22.1. The van der Waals surface area contributed by atoms with Crippen LogP contribution in [0.2, 0.25) is 0 Å². The lowest BCUT2D eigenvalue weighted by atomic mass is 9.96. The number of nitrogens with zero attached hydrogens (tertiary/aromatic N) is 4. The van der Waals surface area contributed by atoms with Crippen molar-refractivity contribution in [1.29, 1.82) is 0 Å². The molecule has 2 aromatic heterocycles. The summed E-state index contributed by atoms with van der Waals surface area (Å²) in [6, 6.07) is 4.99. The van der Waals surface area contributed by atoms with Gasteiger partial charge in [0, 0.05) is 25.6 Å². The monoisotopic (exact) mass is 427 g/mol. The van der Waals surface area contributed by atoms with E-state index in [0.717, 1.165) is 5.56 Å². The molecule has 0 bridgehead atoms. The first-order chi connectivity index (χ1) is 14.8. The molecule has 1 saturated heterocycles. The average Bonchev–Trinajstić information content (AvgIpc) is 3.15. The van der Waals surface area contributed by atoms with Gasteiger partial charge in [-0.2, -0.15) is 5.10 Å². The van der Waals surface area contributed by atoms with Crippen LogP contribution in [0.15, 0.2) is 27.5 Å². The number of hydrogen-bond acceptors (Lipinski definition) is 6. The van der Waals surface area contributed by atoms with Gasteiger partial charge in [0.05, 0.1) is 17.7 Å². The highest BCUT2D eigenvalue weighted by atomic mass is 19.1. The number of benzene rings is 1. The van der Waals surface area contributed by atoms with Crippen LogP contribution in [0.4, 0.5) is 4.39 Å². The maximum atomic E-state index is 13.7. The van der Waals surface area contributed by atoms with Crippen molar-refractivity contribution in [1.82, 2.24) is 25.2 Å². The Hall–Kier alpha value is -3.07. The molecule has 1 aliphatic heterocycles. The van der Waals surface area contributed by atoms with Crippen molar-refractivity contribution in [2.45, 2.75) is 46.8 Å². The van der Waals surface area contributed by atoms with Crippen molar-refractivity contribution in [3.05, 3.63) is 57.0 Å². The summed E-state index contributed by atoms with van der Waals surface area (Å²) < 4.78 is 20.2. The van der Waals surface area contributed by atoms with Gasteiger partial charge in [0.15, 0.2) is 5.52 Å². The Morgan fingerprint density at radius 3 is 2.71 bits per heavy atom. The maximum absolute atomic E-state index is 13.7. The van der Waals surface area contributed by atoms with E-state index < -0.39 is 0 Å².